The Morgan fingerprint density at radius 2 is 1.14 bits per heavy atom. The highest BCUT2D eigenvalue weighted by Gasteiger charge is 2.41. The van der Waals surface area contributed by atoms with Crippen molar-refractivity contribution in [3.63, 3.8) is 0 Å². The zero-order valence-corrected chi connectivity index (χ0v) is 25.0. The number of hydrogen-bond donors (Lipinski definition) is 0. The van der Waals surface area contributed by atoms with E-state index in [1.165, 1.54) is 47.8 Å². The number of rotatable bonds is 2. The lowest BCUT2D eigenvalue weighted by Crippen LogP contribution is -2.57. The molecule has 0 fully saturated rings. The maximum absolute atomic E-state index is 6.74. The Hall–Kier alpha value is -4.80. The maximum Gasteiger partial charge on any atom is 0.260 e. The van der Waals surface area contributed by atoms with E-state index in [0.29, 0.717) is 0 Å². The molecule has 0 saturated carbocycles. The summed E-state index contributed by atoms with van der Waals surface area (Å²) in [6.07, 6.45) is 0. The molecule has 4 heteroatoms. The van der Waals surface area contributed by atoms with E-state index in [4.69, 9.17) is 9.47 Å². The van der Waals surface area contributed by atoms with Crippen molar-refractivity contribution in [3.05, 3.63) is 126 Å². The van der Waals surface area contributed by atoms with Gasteiger partial charge in [-0.25, -0.2) is 0 Å². The smallest absolute Gasteiger partial charge is 0.260 e. The Labute approximate surface area is 255 Å². The van der Waals surface area contributed by atoms with Gasteiger partial charge in [-0.15, -0.1) is 11.3 Å². The first kappa shape index (κ1) is 24.8. The molecule has 0 saturated heterocycles. The van der Waals surface area contributed by atoms with E-state index in [-0.39, 0.29) is 6.71 Å². The molecule has 204 valence electrons. The number of fused-ring (bicyclic) bond motifs is 7. The normalized spacial score (nSPS) is 12.9. The Bertz CT molecular complexity index is 2220. The molecule has 0 atom stereocenters. The van der Waals surface area contributed by atoms with Crippen LogP contribution in [0.1, 0.15) is 16.7 Å². The van der Waals surface area contributed by atoms with Crippen molar-refractivity contribution in [2.45, 2.75) is 20.8 Å². The van der Waals surface area contributed by atoms with Gasteiger partial charge in [-0.1, -0.05) is 84.9 Å². The molecule has 0 bridgehead atoms. The van der Waals surface area contributed by atoms with Crippen LogP contribution in [0.25, 0.3) is 42.4 Å². The van der Waals surface area contributed by atoms with Gasteiger partial charge in [0.05, 0.1) is 0 Å². The van der Waals surface area contributed by atoms with Crippen molar-refractivity contribution in [3.8, 4) is 45.3 Å². The number of benzene rings is 6. The van der Waals surface area contributed by atoms with Crippen LogP contribution < -0.4 is 25.9 Å². The Kier molecular flexibility index (Phi) is 5.24. The third-order valence-corrected chi connectivity index (χ3v) is 10.5. The summed E-state index contributed by atoms with van der Waals surface area (Å²) >= 11 is 1.88. The third-order valence-electron chi connectivity index (χ3n) is 9.17. The van der Waals surface area contributed by atoms with E-state index in [1.54, 1.807) is 0 Å². The van der Waals surface area contributed by atoms with E-state index < -0.39 is 0 Å². The molecule has 0 N–H and O–H groups in total. The summed E-state index contributed by atoms with van der Waals surface area (Å²) < 4.78 is 16.2. The van der Waals surface area contributed by atoms with Crippen LogP contribution in [0.2, 0.25) is 0 Å². The van der Waals surface area contributed by atoms with Crippen LogP contribution in [0.5, 0.6) is 23.0 Å². The first-order valence-corrected chi connectivity index (χ1v) is 15.6. The molecule has 0 aliphatic carbocycles. The summed E-state index contributed by atoms with van der Waals surface area (Å²) in [4.78, 5) is 0. The van der Waals surface area contributed by atoms with Gasteiger partial charge in [-0.2, -0.15) is 0 Å². The van der Waals surface area contributed by atoms with Crippen LogP contribution in [0.4, 0.5) is 0 Å². The lowest BCUT2D eigenvalue weighted by atomic mass is 9.34. The van der Waals surface area contributed by atoms with Crippen LogP contribution >= 0.6 is 11.3 Å². The second-order valence-electron chi connectivity index (χ2n) is 11.8. The molecule has 7 aromatic rings. The van der Waals surface area contributed by atoms with Crippen molar-refractivity contribution in [1.29, 1.82) is 0 Å². The highest BCUT2D eigenvalue weighted by atomic mass is 32.1. The molecule has 0 radical (unpaired) electrons. The average molecular weight is 571 g/mol. The van der Waals surface area contributed by atoms with Gasteiger partial charge in [0.25, 0.3) is 6.71 Å². The molecular weight excluding hydrogens is 543 g/mol. The third kappa shape index (κ3) is 3.60. The van der Waals surface area contributed by atoms with Crippen LogP contribution in [-0.2, 0) is 0 Å². The number of thiophene rings is 1. The largest absolute Gasteiger partial charge is 0.458 e. The van der Waals surface area contributed by atoms with Crippen LogP contribution in [0.15, 0.2) is 109 Å². The minimum Gasteiger partial charge on any atom is -0.458 e. The molecule has 2 aliphatic heterocycles. The summed E-state index contributed by atoms with van der Waals surface area (Å²) in [5, 5.41) is 2.64. The number of ether oxygens (including phenoxy) is 2. The fourth-order valence-electron chi connectivity index (χ4n) is 7.09. The minimum absolute atomic E-state index is 0.0688. The zero-order chi connectivity index (χ0) is 28.8. The number of aryl methyl sites for hydroxylation is 3. The van der Waals surface area contributed by atoms with E-state index in [1.807, 2.05) is 11.3 Å². The van der Waals surface area contributed by atoms with Gasteiger partial charge in [0.2, 0.25) is 0 Å². The number of para-hydroxylation sites is 2. The first-order chi connectivity index (χ1) is 21.0. The van der Waals surface area contributed by atoms with E-state index >= 15 is 0 Å². The second-order valence-corrected chi connectivity index (χ2v) is 12.9. The van der Waals surface area contributed by atoms with E-state index in [9.17, 15) is 0 Å². The van der Waals surface area contributed by atoms with Crippen molar-refractivity contribution in [2.24, 2.45) is 0 Å². The summed E-state index contributed by atoms with van der Waals surface area (Å²) in [5.41, 5.74) is 11.8. The topological polar surface area (TPSA) is 18.5 Å². The van der Waals surface area contributed by atoms with Crippen molar-refractivity contribution in [2.75, 3.05) is 0 Å². The molecular formula is C39H27BO2S. The van der Waals surface area contributed by atoms with Gasteiger partial charge in [0.1, 0.15) is 23.0 Å². The monoisotopic (exact) mass is 570 g/mol. The Morgan fingerprint density at radius 1 is 0.535 bits per heavy atom. The zero-order valence-electron chi connectivity index (χ0n) is 24.2. The molecule has 2 aliphatic rings. The number of hydrogen-bond acceptors (Lipinski definition) is 3. The van der Waals surface area contributed by atoms with Crippen LogP contribution in [0.3, 0.4) is 0 Å². The minimum atomic E-state index is 0.0688. The van der Waals surface area contributed by atoms with Gasteiger partial charge in [0.15, 0.2) is 0 Å². The second kappa shape index (κ2) is 9.10. The summed E-state index contributed by atoms with van der Waals surface area (Å²) in [6, 6.07) is 39.5. The molecule has 0 unspecified atom stereocenters. The van der Waals surface area contributed by atoms with Crippen LogP contribution in [-0.4, -0.2) is 6.71 Å². The fraction of sp³-hybridized carbons (Fsp3) is 0.0769. The summed E-state index contributed by atoms with van der Waals surface area (Å²) in [7, 11) is 0. The van der Waals surface area contributed by atoms with Gasteiger partial charge in [-0.3, -0.25) is 0 Å². The van der Waals surface area contributed by atoms with E-state index in [0.717, 1.165) is 50.7 Å². The Morgan fingerprint density at radius 3 is 1.81 bits per heavy atom. The lowest BCUT2D eigenvalue weighted by Gasteiger charge is -2.34. The highest BCUT2D eigenvalue weighted by molar-refractivity contribution is 7.26. The van der Waals surface area contributed by atoms with Gasteiger partial charge < -0.3 is 9.47 Å². The molecule has 2 nitrogen and oxygen atoms in total. The van der Waals surface area contributed by atoms with Crippen LogP contribution in [0, 0.1) is 20.8 Å². The van der Waals surface area contributed by atoms with Crippen molar-refractivity contribution < 1.29 is 9.47 Å². The quantitative estimate of drug-likeness (QED) is 0.193. The predicted octanol–water partition coefficient (Wildman–Crippen LogP) is 9.04. The molecule has 9 rings (SSSR count). The fourth-order valence-corrected chi connectivity index (χ4v) is 8.24. The average Bonchev–Trinajstić information content (AvgIpc) is 3.41. The van der Waals surface area contributed by atoms with Gasteiger partial charge >= 0.3 is 0 Å². The molecule has 1 aromatic heterocycles. The SMILES string of the molecule is Cc1cccc2c1Oc1cc(-c3ccccc3-c3ccc4sc5c(C)cccc5c4c3)cc3c1B2c1cccc(C)c1O3. The highest BCUT2D eigenvalue weighted by Crippen LogP contribution is 2.43. The first-order valence-electron chi connectivity index (χ1n) is 14.8. The van der Waals surface area contributed by atoms with Gasteiger partial charge in [0, 0.05) is 25.6 Å². The molecule has 0 amide bonds. The Balaban J connectivity index is 1.25. The molecule has 6 aromatic carbocycles. The lowest BCUT2D eigenvalue weighted by molar-refractivity contribution is 0.461. The van der Waals surface area contributed by atoms with Gasteiger partial charge in [-0.05, 0) is 94.9 Å². The standard InChI is InChI=1S/C39H27BO2S/c1-22-9-7-15-31-37(22)41-33-20-26(21-34-36(33)40(31)32-16-8-10-23(2)38(32)42-34)28-13-5-4-12-27(28)25-17-18-35-30(19-25)29-14-6-11-24(3)39(29)43-35/h4-21H,1-3H3. The van der Waals surface area contributed by atoms with E-state index in [2.05, 4.69) is 130 Å². The van der Waals surface area contributed by atoms with Crippen molar-refractivity contribution >= 4 is 54.6 Å². The molecule has 3 heterocycles. The molecule has 0 spiro atoms. The summed E-state index contributed by atoms with van der Waals surface area (Å²) in [5.74, 6) is 3.65. The maximum atomic E-state index is 6.74. The predicted molar refractivity (Wildman–Crippen MR) is 182 cm³/mol. The van der Waals surface area contributed by atoms with Crippen molar-refractivity contribution in [1.82, 2.24) is 0 Å². The summed E-state index contributed by atoms with van der Waals surface area (Å²) in [6.45, 7) is 6.53. The molecule has 43 heavy (non-hydrogen) atoms.